The number of halogens is 1. The Morgan fingerprint density at radius 2 is 1.89 bits per heavy atom. The van der Waals surface area contributed by atoms with Gasteiger partial charge in [-0.2, -0.15) is 4.98 Å². The Morgan fingerprint density at radius 1 is 1.14 bits per heavy atom. The van der Waals surface area contributed by atoms with Crippen LogP contribution < -0.4 is 20.3 Å². The van der Waals surface area contributed by atoms with Gasteiger partial charge >= 0.3 is 0 Å². The van der Waals surface area contributed by atoms with Gasteiger partial charge in [-0.1, -0.05) is 0 Å². The molecule has 1 saturated heterocycles. The van der Waals surface area contributed by atoms with E-state index in [1.807, 2.05) is 13.0 Å². The van der Waals surface area contributed by atoms with E-state index in [0.29, 0.717) is 24.8 Å². The summed E-state index contributed by atoms with van der Waals surface area (Å²) in [5, 5.41) is 5.91. The topological polar surface area (TPSA) is 79.4 Å². The minimum atomic E-state index is -0.343. The summed E-state index contributed by atoms with van der Waals surface area (Å²) >= 11 is 0. The summed E-state index contributed by atoms with van der Waals surface area (Å²) in [4.78, 5) is 23.1. The molecular formula is C20H26FN5O2. The van der Waals surface area contributed by atoms with Crippen LogP contribution in [-0.2, 0) is 4.79 Å². The summed E-state index contributed by atoms with van der Waals surface area (Å²) in [5.74, 6) is 1.38. The van der Waals surface area contributed by atoms with Crippen LogP contribution in [0.25, 0.3) is 0 Å². The molecule has 2 N–H and O–H groups in total. The van der Waals surface area contributed by atoms with E-state index in [0.717, 1.165) is 24.6 Å². The maximum Gasteiger partial charge on any atom is 0.258 e. The first-order chi connectivity index (χ1) is 13.6. The largest absolute Gasteiger partial charge is 0.484 e. The van der Waals surface area contributed by atoms with Crippen LogP contribution in [0.1, 0.15) is 25.0 Å². The van der Waals surface area contributed by atoms with Gasteiger partial charge < -0.3 is 20.3 Å². The lowest BCUT2D eigenvalue weighted by Gasteiger charge is -2.28. The van der Waals surface area contributed by atoms with Crippen LogP contribution >= 0.6 is 0 Å². The van der Waals surface area contributed by atoms with Gasteiger partial charge in [0.1, 0.15) is 17.4 Å². The van der Waals surface area contributed by atoms with Crippen molar-refractivity contribution in [2.45, 2.75) is 26.2 Å². The molecule has 28 heavy (non-hydrogen) atoms. The normalized spacial score (nSPS) is 13.9. The minimum absolute atomic E-state index is 0.119. The van der Waals surface area contributed by atoms with Crippen molar-refractivity contribution in [1.29, 1.82) is 0 Å². The van der Waals surface area contributed by atoms with E-state index in [1.165, 1.54) is 43.5 Å². The summed E-state index contributed by atoms with van der Waals surface area (Å²) in [6.45, 7) is 4.81. The molecule has 0 atom stereocenters. The number of aromatic nitrogens is 2. The van der Waals surface area contributed by atoms with Gasteiger partial charge in [-0.25, -0.2) is 9.37 Å². The number of hydrogen-bond donors (Lipinski definition) is 2. The van der Waals surface area contributed by atoms with Crippen molar-refractivity contribution in [3.8, 4) is 5.75 Å². The van der Waals surface area contributed by atoms with E-state index < -0.39 is 0 Å². The number of carbonyl (C=O) groups is 1. The molecular weight excluding hydrogens is 361 g/mol. The fourth-order valence-electron chi connectivity index (χ4n) is 3.02. The van der Waals surface area contributed by atoms with Gasteiger partial charge in [0, 0.05) is 37.9 Å². The summed E-state index contributed by atoms with van der Waals surface area (Å²) in [7, 11) is 0. The number of ether oxygens (including phenoxy) is 1. The average molecular weight is 387 g/mol. The number of amides is 1. The fourth-order valence-corrected chi connectivity index (χ4v) is 3.02. The molecule has 0 bridgehead atoms. The molecule has 8 heteroatoms. The number of carbonyl (C=O) groups excluding carboxylic acids is 1. The van der Waals surface area contributed by atoms with Crippen LogP contribution in [0.5, 0.6) is 5.75 Å². The highest BCUT2D eigenvalue weighted by Crippen LogP contribution is 2.19. The smallest absolute Gasteiger partial charge is 0.258 e. The Balaban J connectivity index is 1.40. The first-order valence-corrected chi connectivity index (χ1v) is 9.60. The van der Waals surface area contributed by atoms with Crippen molar-refractivity contribution in [2.75, 3.05) is 43.0 Å². The SMILES string of the molecule is Cc1cc(N2CCCCC2)nc(NCCNC(=O)COc2ccc(F)cc2)n1. The Hall–Kier alpha value is -2.90. The van der Waals surface area contributed by atoms with Gasteiger partial charge in [-0.15, -0.1) is 0 Å². The van der Waals surface area contributed by atoms with Crippen LogP contribution in [0.4, 0.5) is 16.2 Å². The monoisotopic (exact) mass is 387 g/mol. The molecule has 1 aromatic carbocycles. The molecule has 7 nitrogen and oxygen atoms in total. The number of hydrogen-bond acceptors (Lipinski definition) is 6. The molecule has 1 aliphatic rings. The second-order valence-electron chi connectivity index (χ2n) is 6.76. The maximum atomic E-state index is 12.8. The highest BCUT2D eigenvalue weighted by molar-refractivity contribution is 5.77. The van der Waals surface area contributed by atoms with Crippen molar-refractivity contribution >= 4 is 17.7 Å². The zero-order valence-corrected chi connectivity index (χ0v) is 16.1. The summed E-state index contributed by atoms with van der Waals surface area (Å²) in [6.07, 6.45) is 3.66. The van der Waals surface area contributed by atoms with Crippen molar-refractivity contribution < 1.29 is 13.9 Å². The Kier molecular flexibility index (Phi) is 7.00. The van der Waals surface area contributed by atoms with Crippen LogP contribution in [0.2, 0.25) is 0 Å². The molecule has 2 aromatic rings. The van der Waals surface area contributed by atoms with E-state index in [4.69, 9.17) is 4.74 Å². The van der Waals surface area contributed by atoms with Gasteiger partial charge in [0.2, 0.25) is 5.95 Å². The predicted octanol–water partition coefficient (Wildman–Crippen LogP) is 2.52. The second-order valence-corrected chi connectivity index (χ2v) is 6.76. The number of rotatable bonds is 8. The first-order valence-electron chi connectivity index (χ1n) is 9.60. The number of nitrogens with zero attached hydrogens (tertiary/aromatic N) is 3. The lowest BCUT2D eigenvalue weighted by Crippen LogP contribution is -2.33. The molecule has 1 fully saturated rings. The summed E-state index contributed by atoms with van der Waals surface area (Å²) in [5.41, 5.74) is 0.912. The molecule has 0 saturated carbocycles. The first kappa shape index (κ1) is 19.9. The van der Waals surface area contributed by atoms with Crippen molar-refractivity contribution in [1.82, 2.24) is 15.3 Å². The minimum Gasteiger partial charge on any atom is -0.484 e. The van der Waals surface area contributed by atoms with Crippen LogP contribution in [0, 0.1) is 12.7 Å². The lowest BCUT2D eigenvalue weighted by atomic mass is 10.1. The number of anilines is 2. The van der Waals surface area contributed by atoms with Crippen LogP contribution in [-0.4, -0.2) is 48.7 Å². The highest BCUT2D eigenvalue weighted by atomic mass is 19.1. The van der Waals surface area contributed by atoms with Crippen LogP contribution in [0.3, 0.4) is 0 Å². The molecule has 3 rings (SSSR count). The van der Waals surface area contributed by atoms with E-state index in [9.17, 15) is 9.18 Å². The Labute approximate surface area is 164 Å². The van der Waals surface area contributed by atoms with Gasteiger partial charge in [0.15, 0.2) is 6.61 Å². The molecule has 0 unspecified atom stereocenters. The van der Waals surface area contributed by atoms with Crippen LogP contribution in [0.15, 0.2) is 30.3 Å². The maximum absolute atomic E-state index is 12.8. The standard InChI is InChI=1S/C20H26FN5O2/c1-15-13-18(26-11-3-2-4-12-26)25-20(24-15)23-10-9-22-19(27)14-28-17-7-5-16(21)6-8-17/h5-8,13H,2-4,9-12,14H2,1H3,(H,22,27)(H,23,24,25). The van der Waals surface area contributed by atoms with Crippen molar-refractivity contribution in [3.63, 3.8) is 0 Å². The third kappa shape index (κ3) is 6.07. The van der Waals surface area contributed by atoms with Gasteiger partial charge in [0.25, 0.3) is 5.91 Å². The molecule has 1 aromatic heterocycles. The highest BCUT2D eigenvalue weighted by Gasteiger charge is 2.13. The molecule has 0 radical (unpaired) electrons. The third-order valence-electron chi connectivity index (χ3n) is 4.43. The zero-order chi connectivity index (χ0) is 19.8. The van der Waals surface area contributed by atoms with E-state index >= 15 is 0 Å². The number of aryl methyl sites for hydroxylation is 1. The predicted molar refractivity (Wildman–Crippen MR) is 106 cm³/mol. The molecule has 2 heterocycles. The number of nitrogens with one attached hydrogen (secondary N) is 2. The van der Waals surface area contributed by atoms with E-state index in [1.54, 1.807) is 0 Å². The second kappa shape index (κ2) is 9.87. The summed E-state index contributed by atoms with van der Waals surface area (Å²) in [6, 6.07) is 7.55. The molecule has 0 aliphatic carbocycles. The zero-order valence-electron chi connectivity index (χ0n) is 16.1. The van der Waals surface area contributed by atoms with E-state index in [-0.39, 0.29) is 18.3 Å². The van der Waals surface area contributed by atoms with Crippen molar-refractivity contribution in [2.24, 2.45) is 0 Å². The molecule has 0 spiro atoms. The van der Waals surface area contributed by atoms with Gasteiger partial charge in [-0.05, 0) is 50.5 Å². The molecule has 150 valence electrons. The van der Waals surface area contributed by atoms with E-state index in [2.05, 4.69) is 25.5 Å². The molecule has 1 aliphatic heterocycles. The number of benzene rings is 1. The fraction of sp³-hybridized carbons (Fsp3) is 0.450. The van der Waals surface area contributed by atoms with Crippen molar-refractivity contribution in [3.05, 3.63) is 41.8 Å². The summed E-state index contributed by atoms with van der Waals surface area (Å²) < 4.78 is 18.1. The lowest BCUT2D eigenvalue weighted by molar-refractivity contribution is -0.123. The third-order valence-corrected chi connectivity index (χ3v) is 4.43. The Bertz CT molecular complexity index is 779. The number of piperidine rings is 1. The Morgan fingerprint density at radius 3 is 2.64 bits per heavy atom. The quantitative estimate of drug-likeness (QED) is 0.678. The molecule has 1 amide bonds. The van der Waals surface area contributed by atoms with Gasteiger partial charge in [0.05, 0.1) is 0 Å². The average Bonchev–Trinajstić information content (AvgIpc) is 2.71. The van der Waals surface area contributed by atoms with Gasteiger partial charge in [-0.3, -0.25) is 4.79 Å².